The molecular formula is C14H16O7. The number of methoxy groups -OCH3 is 3. The van der Waals surface area contributed by atoms with Gasteiger partial charge in [0.05, 0.1) is 21.3 Å². The summed E-state index contributed by atoms with van der Waals surface area (Å²) in [5.74, 6) is -0.714. The molecule has 2 rings (SSSR count). The molecule has 1 aromatic rings. The number of esters is 2. The largest absolute Gasteiger partial charge is 0.497 e. The van der Waals surface area contributed by atoms with Crippen molar-refractivity contribution in [3.8, 4) is 5.75 Å². The lowest BCUT2D eigenvalue weighted by molar-refractivity contribution is -0.160. The quantitative estimate of drug-likeness (QED) is 0.761. The maximum absolute atomic E-state index is 11.7. The van der Waals surface area contributed by atoms with E-state index in [9.17, 15) is 9.59 Å². The van der Waals surface area contributed by atoms with Gasteiger partial charge in [-0.15, -0.1) is 0 Å². The fourth-order valence-electron chi connectivity index (χ4n) is 1.95. The summed E-state index contributed by atoms with van der Waals surface area (Å²) in [6.07, 6.45) is -3.17. The van der Waals surface area contributed by atoms with Crippen LogP contribution < -0.4 is 4.74 Å². The minimum Gasteiger partial charge on any atom is -0.497 e. The standard InChI is InChI=1S/C14H16O7/c1-17-9-6-4-8(5-7-9)14-20-10(12(15)18-2)11(21-14)13(16)19-3/h4-7,10-11,14H,1-3H3/t10-,11-/m1/s1. The molecule has 0 radical (unpaired) electrons. The molecule has 114 valence electrons. The van der Waals surface area contributed by atoms with E-state index < -0.39 is 30.4 Å². The Morgan fingerprint density at radius 1 is 0.905 bits per heavy atom. The summed E-state index contributed by atoms with van der Waals surface area (Å²) in [5.41, 5.74) is 0.649. The van der Waals surface area contributed by atoms with Gasteiger partial charge in [0.1, 0.15) is 5.75 Å². The van der Waals surface area contributed by atoms with E-state index >= 15 is 0 Å². The number of hydrogen-bond donors (Lipinski definition) is 0. The Morgan fingerprint density at radius 3 is 1.76 bits per heavy atom. The SMILES string of the molecule is COC(=O)[C@@H]1OC(c2ccc(OC)cc2)O[C@H]1C(=O)OC. The van der Waals surface area contributed by atoms with Crippen molar-refractivity contribution in [3.05, 3.63) is 29.8 Å². The Morgan fingerprint density at radius 2 is 1.38 bits per heavy atom. The molecule has 0 spiro atoms. The zero-order chi connectivity index (χ0) is 15.4. The van der Waals surface area contributed by atoms with Crippen molar-refractivity contribution in [2.75, 3.05) is 21.3 Å². The third kappa shape index (κ3) is 3.14. The number of carbonyl (C=O) groups excluding carboxylic acids is 2. The van der Waals surface area contributed by atoms with Crippen LogP contribution in [0.3, 0.4) is 0 Å². The van der Waals surface area contributed by atoms with Gasteiger partial charge in [-0.25, -0.2) is 9.59 Å². The highest BCUT2D eigenvalue weighted by molar-refractivity contribution is 5.86. The van der Waals surface area contributed by atoms with E-state index in [4.69, 9.17) is 14.2 Å². The highest BCUT2D eigenvalue weighted by atomic mass is 16.8. The van der Waals surface area contributed by atoms with Gasteiger partial charge in [0.15, 0.2) is 18.5 Å². The Bertz CT molecular complexity index is 487. The first-order chi connectivity index (χ1) is 10.1. The molecule has 1 aliphatic heterocycles. The molecule has 1 saturated heterocycles. The van der Waals surface area contributed by atoms with Crippen LogP contribution in [-0.4, -0.2) is 45.5 Å². The average Bonchev–Trinajstić information content (AvgIpc) is 2.98. The summed E-state index contributed by atoms with van der Waals surface area (Å²) < 4.78 is 25.2. The third-order valence-corrected chi connectivity index (χ3v) is 3.07. The van der Waals surface area contributed by atoms with Crippen molar-refractivity contribution >= 4 is 11.9 Å². The van der Waals surface area contributed by atoms with Crippen molar-refractivity contribution < 1.29 is 33.3 Å². The lowest BCUT2D eigenvalue weighted by atomic mass is 10.2. The van der Waals surface area contributed by atoms with Crippen LogP contribution in [0, 0.1) is 0 Å². The van der Waals surface area contributed by atoms with Gasteiger partial charge in [-0.3, -0.25) is 0 Å². The summed E-state index contributed by atoms with van der Waals surface area (Å²) in [6, 6.07) is 6.89. The van der Waals surface area contributed by atoms with E-state index in [0.29, 0.717) is 11.3 Å². The van der Waals surface area contributed by atoms with Gasteiger partial charge in [-0.1, -0.05) is 12.1 Å². The molecule has 1 aromatic carbocycles. The summed E-state index contributed by atoms with van der Waals surface area (Å²) in [4.78, 5) is 23.3. The van der Waals surface area contributed by atoms with Crippen LogP contribution in [0.25, 0.3) is 0 Å². The molecule has 1 aliphatic rings. The average molecular weight is 296 g/mol. The molecular weight excluding hydrogens is 280 g/mol. The summed E-state index contributed by atoms with van der Waals surface area (Å²) in [7, 11) is 3.97. The van der Waals surface area contributed by atoms with Gasteiger partial charge >= 0.3 is 11.9 Å². The lowest BCUT2D eigenvalue weighted by Crippen LogP contribution is -2.38. The molecule has 0 bridgehead atoms. The van der Waals surface area contributed by atoms with E-state index in [2.05, 4.69) is 9.47 Å². The molecule has 7 heteroatoms. The first kappa shape index (κ1) is 15.3. The van der Waals surface area contributed by atoms with E-state index in [1.807, 2.05) is 0 Å². The Balaban J connectivity index is 2.19. The van der Waals surface area contributed by atoms with Crippen molar-refractivity contribution in [2.24, 2.45) is 0 Å². The molecule has 0 aromatic heterocycles. The molecule has 0 aliphatic carbocycles. The molecule has 2 atom stereocenters. The molecule has 0 unspecified atom stereocenters. The second-order valence-electron chi connectivity index (χ2n) is 4.26. The second kappa shape index (κ2) is 6.55. The Labute approximate surface area is 121 Å². The van der Waals surface area contributed by atoms with E-state index in [1.165, 1.54) is 14.2 Å². The van der Waals surface area contributed by atoms with Gasteiger partial charge in [0.25, 0.3) is 0 Å². The summed E-state index contributed by atoms with van der Waals surface area (Å²) in [5, 5.41) is 0. The third-order valence-electron chi connectivity index (χ3n) is 3.07. The monoisotopic (exact) mass is 296 g/mol. The van der Waals surface area contributed by atoms with Gasteiger partial charge in [0, 0.05) is 5.56 Å². The van der Waals surface area contributed by atoms with Gasteiger partial charge in [0.2, 0.25) is 0 Å². The minimum atomic E-state index is -1.16. The molecule has 21 heavy (non-hydrogen) atoms. The Kier molecular flexibility index (Phi) is 4.77. The first-order valence-electron chi connectivity index (χ1n) is 6.21. The lowest BCUT2D eigenvalue weighted by Gasteiger charge is -2.11. The van der Waals surface area contributed by atoms with Gasteiger partial charge < -0.3 is 23.7 Å². The first-order valence-corrected chi connectivity index (χ1v) is 6.21. The van der Waals surface area contributed by atoms with Crippen molar-refractivity contribution in [2.45, 2.75) is 18.5 Å². The van der Waals surface area contributed by atoms with Crippen LogP contribution in [0.5, 0.6) is 5.75 Å². The maximum atomic E-state index is 11.7. The zero-order valence-corrected chi connectivity index (χ0v) is 11.9. The van der Waals surface area contributed by atoms with Crippen LogP contribution in [0.2, 0.25) is 0 Å². The van der Waals surface area contributed by atoms with Crippen molar-refractivity contribution in [1.82, 2.24) is 0 Å². The minimum absolute atomic E-state index is 0.649. The molecule has 0 amide bonds. The van der Waals surface area contributed by atoms with Crippen molar-refractivity contribution in [1.29, 1.82) is 0 Å². The highest BCUT2D eigenvalue weighted by Gasteiger charge is 2.47. The van der Waals surface area contributed by atoms with Crippen LogP contribution >= 0.6 is 0 Å². The predicted molar refractivity (Wildman–Crippen MR) is 69.5 cm³/mol. The molecule has 1 heterocycles. The van der Waals surface area contributed by atoms with E-state index in [-0.39, 0.29) is 0 Å². The van der Waals surface area contributed by atoms with Crippen LogP contribution in [0.4, 0.5) is 0 Å². The number of rotatable bonds is 4. The fourth-order valence-corrected chi connectivity index (χ4v) is 1.95. The number of ether oxygens (including phenoxy) is 5. The molecule has 0 saturated carbocycles. The number of hydrogen-bond acceptors (Lipinski definition) is 7. The van der Waals surface area contributed by atoms with Crippen molar-refractivity contribution in [3.63, 3.8) is 0 Å². The molecule has 0 N–H and O–H groups in total. The van der Waals surface area contributed by atoms with Crippen LogP contribution in [0.1, 0.15) is 11.9 Å². The number of carbonyl (C=O) groups is 2. The Hall–Kier alpha value is -2.12. The van der Waals surface area contributed by atoms with Crippen LogP contribution in [0.15, 0.2) is 24.3 Å². The molecule has 7 nitrogen and oxygen atoms in total. The maximum Gasteiger partial charge on any atom is 0.338 e. The summed E-state index contributed by atoms with van der Waals surface area (Å²) in [6.45, 7) is 0. The highest BCUT2D eigenvalue weighted by Crippen LogP contribution is 2.33. The second-order valence-corrected chi connectivity index (χ2v) is 4.26. The zero-order valence-electron chi connectivity index (χ0n) is 11.9. The smallest absolute Gasteiger partial charge is 0.338 e. The van der Waals surface area contributed by atoms with E-state index in [0.717, 1.165) is 0 Å². The van der Waals surface area contributed by atoms with Crippen LogP contribution in [-0.2, 0) is 28.5 Å². The fraction of sp³-hybridized carbons (Fsp3) is 0.429. The predicted octanol–water partition coefficient (Wildman–Crippen LogP) is 0.824. The van der Waals surface area contributed by atoms with Gasteiger partial charge in [-0.05, 0) is 12.1 Å². The molecule has 1 fully saturated rings. The number of benzene rings is 1. The normalized spacial score (nSPS) is 21.9. The topological polar surface area (TPSA) is 80.3 Å². The van der Waals surface area contributed by atoms with E-state index in [1.54, 1.807) is 31.4 Å². The van der Waals surface area contributed by atoms with Gasteiger partial charge in [-0.2, -0.15) is 0 Å². The summed E-state index contributed by atoms with van der Waals surface area (Å²) >= 11 is 0.